The average molecular weight is 376 g/mol. The van der Waals surface area contributed by atoms with E-state index in [2.05, 4.69) is 15.5 Å². The number of halogens is 2. The minimum absolute atomic E-state index is 0.0807. The summed E-state index contributed by atoms with van der Waals surface area (Å²) in [6.45, 7) is 1.89. The molecule has 0 aliphatic carbocycles. The van der Waals surface area contributed by atoms with Gasteiger partial charge in [0.05, 0.1) is 12.5 Å². The molecule has 0 fully saturated rings. The molecule has 0 bridgehead atoms. The van der Waals surface area contributed by atoms with Crippen LogP contribution in [0.3, 0.4) is 0 Å². The van der Waals surface area contributed by atoms with Crippen LogP contribution in [0.1, 0.15) is 40.7 Å². The fourth-order valence-electron chi connectivity index (χ4n) is 2.33. The van der Waals surface area contributed by atoms with Crippen molar-refractivity contribution in [2.75, 3.05) is 0 Å². The molecule has 1 aromatic heterocycles. The molecule has 5 nitrogen and oxygen atoms in total. The molecule has 1 N–H and O–H groups in total. The second-order valence-corrected chi connectivity index (χ2v) is 6.36. The number of rotatable bonds is 5. The fraction of sp³-hybridized carbons (Fsp3) is 0.167. The van der Waals surface area contributed by atoms with Gasteiger partial charge in [-0.05, 0) is 30.2 Å². The van der Waals surface area contributed by atoms with Crippen LogP contribution in [0.5, 0.6) is 0 Å². The number of nitrogens with one attached hydrogen (secondary N) is 1. The molecule has 0 spiro atoms. The molecule has 1 heterocycles. The molecule has 0 saturated heterocycles. The number of carbonyl (C=O) groups is 1. The van der Waals surface area contributed by atoms with Crippen molar-refractivity contribution in [3.05, 3.63) is 81.5 Å². The minimum Gasteiger partial charge on any atom is -0.417 e. The van der Waals surface area contributed by atoms with E-state index < -0.39 is 5.91 Å². The highest BCUT2D eigenvalue weighted by molar-refractivity contribution is 6.35. The Morgan fingerprint density at radius 1 is 1.16 bits per heavy atom. The van der Waals surface area contributed by atoms with Gasteiger partial charge >= 0.3 is 11.8 Å². The second kappa shape index (κ2) is 7.68. The Morgan fingerprint density at radius 2 is 1.92 bits per heavy atom. The number of benzene rings is 2. The van der Waals surface area contributed by atoms with E-state index in [0.717, 1.165) is 11.1 Å². The number of amides is 1. The molecule has 3 aromatic rings. The molecule has 0 aliphatic heterocycles. The van der Waals surface area contributed by atoms with Crippen LogP contribution >= 0.6 is 23.2 Å². The van der Waals surface area contributed by atoms with Crippen molar-refractivity contribution in [3.8, 4) is 0 Å². The van der Waals surface area contributed by atoms with Crippen molar-refractivity contribution in [2.24, 2.45) is 0 Å². The van der Waals surface area contributed by atoms with Crippen molar-refractivity contribution >= 4 is 29.1 Å². The highest BCUT2D eigenvalue weighted by Crippen LogP contribution is 2.23. The summed E-state index contributed by atoms with van der Waals surface area (Å²) in [5, 5.41) is 11.6. The molecule has 0 aliphatic rings. The standard InChI is InChI=1S/C18H15Cl2N3O2/c1-11(12-5-3-2-4-6-12)21-17(24)18-23-22-16(25-18)9-13-7-8-14(19)10-15(13)20/h2-8,10-11H,9H2,1H3,(H,21,24)/t11-/m0/s1. The van der Waals surface area contributed by atoms with Crippen LogP contribution in [0.4, 0.5) is 0 Å². The molecule has 3 rings (SSSR count). The summed E-state index contributed by atoms with van der Waals surface area (Å²) >= 11 is 12.0. The maximum absolute atomic E-state index is 12.3. The Morgan fingerprint density at radius 3 is 2.64 bits per heavy atom. The molecule has 128 valence electrons. The number of hydrogen-bond acceptors (Lipinski definition) is 4. The summed E-state index contributed by atoms with van der Waals surface area (Å²) in [4.78, 5) is 12.3. The summed E-state index contributed by atoms with van der Waals surface area (Å²) in [6.07, 6.45) is 0.324. The first kappa shape index (κ1) is 17.5. The molecule has 2 aromatic carbocycles. The first-order valence-corrected chi connectivity index (χ1v) is 8.40. The van der Waals surface area contributed by atoms with Gasteiger partial charge in [0, 0.05) is 10.0 Å². The van der Waals surface area contributed by atoms with Crippen molar-refractivity contribution in [2.45, 2.75) is 19.4 Å². The first-order valence-electron chi connectivity index (χ1n) is 7.65. The minimum atomic E-state index is -0.419. The van der Waals surface area contributed by atoms with Crippen molar-refractivity contribution in [3.63, 3.8) is 0 Å². The Balaban J connectivity index is 1.67. The largest absolute Gasteiger partial charge is 0.417 e. The highest BCUT2D eigenvalue weighted by atomic mass is 35.5. The molecule has 1 atom stereocenters. The Labute approximate surface area is 155 Å². The molecular formula is C18H15Cl2N3O2. The van der Waals surface area contributed by atoms with Crippen LogP contribution in [-0.4, -0.2) is 16.1 Å². The van der Waals surface area contributed by atoms with Crippen LogP contribution in [0, 0.1) is 0 Å². The lowest BCUT2D eigenvalue weighted by molar-refractivity contribution is 0.0903. The van der Waals surface area contributed by atoms with E-state index in [4.69, 9.17) is 27.6 Å². The Bertz CT molecular complexity index is 881. The first-order chi connectivity index (χ1) is 12.0. The lowest BCUT2D eigenvalue weighted by Crippen LogP contribution is -2.26. The maximum Gasteiger partial charge on any atom is 0.309 e. The zero-order chi connectivity index (χ0) is 17.8. The van der Waals surface area contributed by atoms with Crippen molar-refractivity contribution in [1.82, 2.24) is 15.5 Å². The quantitative estimate of drug-likeness (QED) is 0.714. The third kappa shape index (κ3) is 4.38. The highest BCUT2D eigenvalue weighted by Gasteiger charge is 2.18. The molecule has 0 unspecified atom stereocenters. The smallest absolute Gasteiger partial charge is 0.309 e. The van der Waals surface area contributed by atoms with Gasteiger partial charge in [0.1, 0.15) is 0 Å². The molecule has 1 amide bonds. The zero-order valence-corrected chi connectivity index (χ0v) is 14.9. The van der Waals surface area contributed by atoms with Gasteiger partial charge in [-0.25, -0.2) is 0 Å². The van der Waals surface area contributed by atoms with Gasteiger partial charge in [0.15, 0.2) is 0 Å². The van der Waals surface area contributed by atoms with E-state index in [1.807, 2.05) is 37.3 Å². The van der Waals surface area contributed by atoms with Gasteiger partial charge in [-0.15, -0.1) is 10.2 Å². The van der Waals surface area contributed by atoms with Gasteiger partial charge in [0.25, 0.3) is 0 Å². The topological polar surface area (TPSA) is 68.0 Å². The van der Waals surface area contributed by atoms with Gasteiger partial charge in [-0.3, -0.25) is 4.79 Å². The van der Waals surface area contributed by atoms with E-state index in [1.165, 1.54) is 0 Å². The van der Waals surface area contributed by atoms with Crippen LogP contribution in [0.2, 0.25) is 10.0 Å². The number of carbonyl (C=O) groups excluding carboxylic acids is 1. The molecule has 7 heteroatoms. The zero-order valence-electron chi connectivity index (χ0n) is 13.4. The predicted octanol–water partition coefficient (Wildman–Crippen LogP) is 4.46. The fourth-order valence-corrected chi connectivity index (χ4v) is 2.80. The Hall–Kier alpha value is -2.37. The van der Waals surface area contributed by atoms with E-state index in [0.29, 0.717) is 22.4 Å². The maximum atomic E-state index is 12.3. The molecule has 0 saturated carbocycles. The Kier molecular flexibility index (Phi) is 5.36. The average Bonchev–Trinajstić information content (AvgIpc) is 3.07. The van der Waals surface area contributed by atoms with Crippen LogP contribution in [0.25, 0.3) is 0 Å². The van der Waals surface area contributed by atoms with Gasteiger partial charge in [-0.2, -0.15) is 0 Å². The number of aromatic nitrogens is 2. The summed E-state index contributed by atoms with van der Waals surface area (Å²) in [7, 11) is 0. The monoisotopic (exact) mass is 375 g/mol. The van der Waals surface area contributed by atoms with Gasteiger partial charge in [0.2, 0.25) is 5.89 Å². The van der Waals surface area contributed by atoms with Gasteiger partial charge in [-0.1, -0.05) is 59.6 Å². The number of hydrogen-bond donors (Lipinski definition) is 1. The SMILES string of the molecule is C[C@H](NC(=O)c1nnc(Cc2ccc(Cl)cc2Cl)o1)c1ccccc1. The molecular weight excluding hydrogens is 361 g/mol. The number of nitrogens with zero attached hydrogens (tertiary/aromatic N) is 2. The van der Waals surface area contributed by atoms with Crippen LogP contribution < -0.4 is 5.32 Å². The summed E-state index contributed by atoms with van der Waals surface area (Å²) in [5.41, 5.74) is 1.78. The van der Waals surface area contributed by atoms with Gasteiger partial charge < -0.3 is 9.73 Å². The van der Waals surface area contributed by atoms with Crippen molar-refractivity contribution < 1.29 is 9.21 Å². The van der Waals surface area contributed by atoms with E-state index in [9.17, 15) is 4.79 Å². The summed E-state index contributed by atoms with van der Waals surface area (Å²) in [5.74, 6) is -0.193. The predicted molar refractivity (Wildman–Crippen MR) is 95.9 cm³/mol. The third-order valence-corrected chi connectivity index (χ3v) is 4.25. The van der Waals surface area contributed by atoms with E-state index in [1.54, 1.807) is 18.2 Å². The van der Waals surface area contributed by atoms with Crippen molar-refractivity contribution in [1.29, 1.82) is 0 Å². The third-order valence-electron chi connectivity index (χ3n) is 3.67. The van der Waals surface area contributed by atoms with Crippen LogP contribution in [0.15, 0.2) is 52.9 Å². The second-order valence-electron chi connectivity index (χ2n) is 5.52. The lowest BCUT2D eigenvalue weighted by Gasteiger charge is -2.12. The lowest BCUT2D eigenvalue weighted by atomic mass is 10.1. The summed E-state index contributed by atoms with van der Waals surface area (Å²) < 4.78 is 5.45. The molecule has 25 heavy (non-hydrogen) atoms. The summed E-state index contributed by atoms with van der Waals surface area (Å²) in [6, 6.07) is 14.6. The molecule has 0 radical (unpaired) electrons. The van der Waals surface area contributed by atoms with E-state index in [-0.39, 0.29) is 11.9 Å². The van der Waals surface area contributed by atoms with Crippen LogP contribution in [-0.2, 0) is 6.42 Å². The normalized spacial score (nSPS) is 12.0. The van der Waals surface area contributed by atoms with E-state index >= 15 is 0 Å².